The fourth-order valence-electron chi connectivity index (χ4n) is 2.97. The van der Waals surface area contributed by atoms with E-state index in [4.69, 9.17) is 9.94 Å². The summed E-state index contributed by atoms with van der Waals surface area (Å²) in [4.78, 5) is 15.8. The van der Waals surface area contributed by atoms with Crippen molar-refractivity contribution in [2.75, 3.05) is 6.61 Å². The zero-order valence-corrected chi connectivity index (χ0v) is 16.9. The van der Waals surface area contributed by atoms with Crippen LogP contribution in [0.4, 0.5) is 0 Å². The Morgan fingerprint density at radius 3 is 2.26 bits per heavy atom. The maximum Gasteiger partial charge on any atom is 0.306 e. The van der Waals surface area contributed by atoms with E-state index in [0.29, 0.717) is 17.7 Å². The second-order valence-electron chi connectivity index (χ2n) is 7.11. The molecule has 27 heavy (non-hydrogen) atoms. The Morgan fingerprint density at radius 1 is 1.00 bits per heavy atom. The summed E-state index contributed by atoms with van der Waals surface area (Å²) in [5.74, 6) is -0.735. The van der Waals surface area contributed by atoms with Gasteiger partial charge in [-0.25, -0.2) is 0 Å². The molecule has 2 N–H and O–H groups in total. The summed E-state index contributed by atoms with van der Waals surface area (Å²) in [6, 6.07) is 5.40. The number of oxime groups is 1. The molecule has 0 radical (unpaired) electrons. The highest BCUT2D eigenvalue weighted by molar-refractivity contribution is 6.02. The number of phenols is 1. The van der Waals surface area contributed by atoms with Crippen LogP contribution in [0.3, 0.4) is 0 Å². The van der Waals surface area contributed by atoms with Gasteiger partial charge in [-0.05, 0) is 31.9 Å². The standard InChI is InChI=1S/C22H35NO4/c1-3-4-5-6-7-8-9-10-11-12-20(23-27-16-15-22(25)26)19-17-18(2)13-14-21(19)24/h13-14,17,24H,3-12,15-16H2,1-2H3,(H,25,26). The van der Waals surface area contributed by atoms with E-state index in [-0.39, 0.29) is 18.8 Å². The van der Waals surface area contributed by atoms with Gasteiger partial charge < -0.3 is 15.1 Å². The molecule has 0 spiro atoms. The van der Waals surface area contributed by atoms with Crippen molar-refractivity contribution in [2.24, 2.45) is 5.16 Å². The van der Waals surface area contributed by atoms with E-state index in [1.807, 2.05) is 19.1 Å². The fraction of sp³-hybridized carbons (Fsp3) is 0.636. The summed E-state index contributed by atoms with van der Waals surface area (Å²) < 4.78 is 0. The summed E-state index contributed by atoms with van der Waals surface area (Å²) in [7, 11) is 0. The van der Waals surface area contributed by atoms with Crippen molar-refractivity contribution < 1.29 is 19.8 Å². The average Bonchev–Trinajstić information content (AvgIpc) is 2.64. The Balaban J connectivity index is 2.48. The monoisotopic (exact) mass is 377 g/mol. The minimum absolute atomic E-state index is 0.0309. The maximum absolute atomic E-state index is 10.6. The van der Waals surface area contributed by atoms with E-state index in [1.54, 1.807) is 6.07 Å². The summed E-state index contributed by atoms with van der Waals surface area (Å²) in [5.41, 5.74) is 2.39. The first-order valence-corrected chi connectivity index (χ1v) is 10.2. The summed E-state index contributed by atoms with van der Waals surface area (Å²) in [6.07, 6.45) is 11.8. The van der Waals surface area contributed by atoms with E-state index in [1.165, 1.54) is 44.9 Å². The highest BCUT2D eigenvalue weighted by Crippen LogP contribution is 2.22. The molecule has 0 aliphatic heterocycles. The molecule has 0 fully saturated rings. The first kappa shape index (κ1) is 23.0. The summed E-state index contributed by atoms with van der Waals surface area (Å²) >= 11 is 0. The third kappa shape index (κ3) is 10.6. The van der Waals surface area contributed by atoms with Crippen LogP contribution in [0.15, 0.2) is 23.4 Å². The van der Waals surface area contributed by atoms with Crippen LogP contribution < -0.4 is 0 Å². The van der Waals surface area contributed by atoms with Crippen molar-refractivity contribution in [1.82, 2.24) is 0 Å². The minimum atomic E-state index is -0.913. The van der Waals surface area contributed by atoms with E-state index in [2.05, 4.69) is 12.1 Å². The van der Waals surface area contributed by atoms with Crippen LogP contribution in [-0.2, 0) is 9.63 Å². The highest BCUT2D eigenvalue weighted by Gasteiger charge is 2.11. The number of unbranched alkanes of at least 4 members (excludes halogenated alkanes) is 8. The molecule has 5 heteroatoms. The number of rotatable bonds is 15. The van der Waals surface area contributed by atoms with Gasteiger partial charge in [0.1, 0.15) is 12.4 Å². The van der Waals surface area contributed by atoms with Crippen LogP contribution >= 0.6 is 0 Å². The van der Waals surface area contributed by atoms with Gasteiger partial charge in [0, 0.05) is 5.56 Å². The third-order valence-corrected chi connectivity index (χ3v) is 4.56. The topological polar surface area (TPSA) is 79.1 Å². The number of benzene rings is 1. The molecular formula is C22H35NO4. The van der Waals surface area contributed by atoms with Gasteiger partial charge in [0.15, 0.2) is 0 Å². The van der Waals surface area contributed by atoms with Gasteiger partial charge in [-0.15, -0.1) is 0 Å². The second-order valence-corrected chi connectivity index (χ2v) is 7.11. The number of phenolic OH excluding ortho intramolecular Hbond substituents is 1. The zero-order valence-electron chi connectivity index (χ0n) is 16.9. The summed E-state index contributed by atoms with van der Waals surface area (Å²) in [6.45, 7) is 4.23. The van der Waals surface area contributed by atoms with Crippen LogP contribution in [0.5, 0.6) is 5.75 Å². The third-order valence-electron chi connectivity index (χ3n) is 4.56. The van der Waals surface area contributed by atoms with Gasteiger partial charge in [-0.2, -0.15) is 0 Å². The molecule has 0 unspecified atom stereocenters. The van der Waals surface area contributed by atoms with Crippen molar-refractivity contribution in [2.45, 2.75) is 84.5 Å². The predicted molar refractivity (Wildman–Crippen MR) is 109 cm³/mol. The number of carbonyl (C=O) groups is 1. The van der Waals surface area contributed by atoms with Crippen molar-refractivity contribution in [3.05, 3.63) is 29.3 Å². The Hall–Kier alpha value is -2.04. The van der Waals surface area contributed by atoms with Gasteiger partial charge in [-0.3, -0.25) is 4.79 Å². The molecule has 1 aromatic carbocycles. The van der Waals surface area contributed by atoms with Gasteiger partial charge in [0.25, 0.3) is 0 Å². The molecule has 0 amide bonds. The molecule has 1 rings (SSSR count). The van der Waals surface area contributed by atoms with Crippen molar-refractivity contribution in [3.8, 4) is 5.75 Å². The number of carboxylic acid groups (broad SMARTS) is 1. The number of hydrogen-bond acceptors (Lipinski definition) is 4. The summed E-state index contributed by atoms with van der Waals surface area (Å²) in [5, 5.41) is 23.0. The Kier molecular flexibility index (Phi) is 12.0. The lowest BCUT2D eigenvalue weighted by Crippen LogP contribution is -2.06. The molecule has 152 valence electrons. The molecule has 0 atom stereocenters. The normalized spacial score (nSPS) is 11.6. The predicted octanol–water partition coefficient (Wildman–Crippen LogP) is 5.82. The highest BCUT2D eigenvalue weighted by atomic mass is 16.6. The number of aryl methyl sites for hydroxylation is 1. The van der Waals surface area contributed by atoms with Gasteiger partial charge in [0.05, 0.1) is 12.1 Å². The number of hydrogen-bond donors (Lipinski definition) is 2. The molecule has 1 aromatic rings. The van der Waals surface area contributed by atoms with Gasteiger partial charge in [-0.1, -0.05) is 75.1 Å². The van der Waals surface area contributed by atoms with Crippen molar-refractivity contribution in [1.29, 1.82) is 0 Å². The van der Waals surface area contributed by atoms with Crippen LogP contribution in [0.1, 0.15) is 88.7 Å². The molecule has 0 aliphatic rings. The second kappa shape index (κ2) is 14.1. The average molecular weight is 378 g/mol. The van der Waals surface area contributed by atoms with E-state index in [0.717, 1.165) is 18.4 Å². The van der Waals surface area contributed by atoms with Crippen LogP contribution in [0.2, 0.25) is 0 Å². The van der Waals surface area contributed by atoms with Crippen LogP contribution in [0.25, 0.3) is 0 Å². The first-order valence-electron chi connectivity index (χ1n) is 10.2. The van der Waals surface area contributed by atoms with Crippen LogP contribution in [0, 0.1) is 6.92 Å². The number of nitrogens with zero attached hydrogens (tertiary/aromatic N) is 1. The van der Waals surface area contributed by atoms with Crippen molar-refractivity contribution >= 4 is 11.7 Å². The fourth-order valence-corrected chi connectivity index (χ4v) is 2.97. The van der Waals surface area contributed by atoms with E-state index in [9.17, 15) is 9.90 Å². The van der Waals surface area contributed by atoms with Gasteiger partial charge in [0.2, 0.25) is 0 Å². The maximum atomic E-state index is 10.6. The molecule has 0 aliphatic carbocycles. The lowest BCUT2D eigenvalue weighted by Gasteiger charge is -2.10. The Bertz CT molecular complexity index is 584. The molecule has 0 aromatic heterocycles. The SMILES string of the molecule is CCCCCCCCCCCC(=NOCCC(=O)O)c1cc(C)ccc1O. The van der Waals surface area contributed by atoms with Crippen LogP contribution in [-0.4, -0.2) is 28.5 Å². The van der Waals surface area contributed by atoms with Gasteiger partial charge >= 0.3 is 5.97 Å². The van der Waals surface area contributed by atoms with E-state index >= 15 is 0 Å². The largest absolute Gasteiger partial charge is 0.507 e. The smallest absolute Gasteiger partial charge is 0.306 e. The molecule has 5 nitrogen and oxygen atoms in total. The molecule has 0 heterocycles. The molecular weight excluding hydrogens is 342 g/mol. The van der Waals surface area contributed by atoms with E-state index < -0.39 is 5.97 Å². The minimum Gasteiger partial charge on any atom is -0.507 e. The lowest BCUT2D eigenvalue weighted by atomic mass is 10.00. The Morgan fingerprint density at radius 2 is 1.63 bits per heavy atom. The Labute approximate surface area is 163 Å². The number of carboxylic acids is 1. The molecule has 0 saturated heterocycles. The molecule has 0 bridgehead atoms. The molecule has 0 saturated carbocycles. The lowest BCUT2D eigenvalue weighted by molar-refractivity contribution is -0.138. The quantitative estimate of drug-likeness (QED) is 0.229. The number of aromatic hydroxyl groups is 1. The number of aliphatic carboxylic acids is 1. The van der Waals surface area contributed by atoms with Crippen molar-refractivity contribution in [3.63, 3.8) is 0 Å². The first-order chi connectivity index (χ1) is 13.0. The zero-order chi connectivity index (χ0) is 19.9.